The molecule has 0 aliphatic carbocycles. The number of halogens is 1. The molecule has 0 N–H and O–H groups in total. The maximum atomic E-state index is 12.9. The first-order valence-electron chi connectivity index (χ1n) is 9.40. The van der Waals surface area contributed by atoms with Crippen LogP contribution in [0.5, 0.6) is 11.5 Å². The van der Waals surface area contributed by atoms with Crippen LogP contribution in [0.4, 0.5) is 0 Å². The van der Waals surface area contributed by atoms with Crippen LogP contribution in [-0.4, -0.2) is 24.0 Å². The molecule has 1 aromatic heterocycles. The molecule has 0 radical (unpaired) electrons. The van der Waals surface area contributed by atoms with Crippen LogP contribution in [0, 0.1) is 0 Å². The van der Waals surface area contributed by atoms with Gasteiger partial charge in [0, 0.05) is 22.4 Å². The Balaban J connectivity index is 1.39. The zero-order valence-electron chi connectivity index (χ0n) is 15.6. The normalized spacial score (nSPS) is 17.0. The monoisotopic (exact) mass is 467 g/mol. The van der Waals surface area contributed by atoms with Gasteiger partial charge in [-0.3, -0.25) is 9.69 Å². The van der Waals surface area contributed by atoms with E-state index in [1.54, 1.807) is 23.5 Å². The second kappa shape index (κ2) is 7.78. The van der Waals surface area contributed by atoms with Gasteiger partial charge in [-0.05, 0) is 53.8 Å². The van der Waals surface area contributed by atoms with Gasteiger partial charge in [-0.1, -0.05) is 34.1 Å². The number of allylic oxidation sites excluding steroid dienone is 1. The number of rotatable bonds is 4. The third kappa shape index (κ3) is 3.75. The van der Waals surface area contributed by atoms with Gasteiger partial charge in [0.1, 0.15) is 18.2 Å². The fraction of sp³-hybridized carbons (Fsp3) is 0.174. The molecule has 2 aromatic carbocycles. The topological polar surface area (TPSA) is 38.8 Å². The third-order valence-corrected chi connectivity index (χ3v) is 6.51. The molecule has 0 amide bonds. The summed E-state index contributed by atoms with van der Waals surface area (Å²) in [5.74, 6) is 1.70. The van der Waals surface area contributed by atoms with Crippen molar-refractivity contribution in [3.63, 3.8) is 0 Å². The van der Waals surface area contributed by atoms with Crippen LogP contribution in [0.25, 0.3) is 6.08 Å². The van der Waals surface area contributed by atoms with E-state index in [1.165, 1.54) is 4.88 Å². The second-order valence-electron chi connectivity index (χ2n) is 7.07. The number of thiophene rings is 1. The molecule has 146 valence electrons. The van der Waals surface area contributed by atoms with E-state index in [9.17, 15) is 4.79 Å². The van der Waals surface area contributed by atoms with Gasteiger partial charge >= 0.3 is 0 Å². The van der Waals surface area contributed by atoms with Gasteiger partial charge < -0.3 is 9.47 Å². The van der Waals surface area contributed by atoms with E-state index in [-0.39, 0.29) is 5.78 Å². The van der Waals surface area contributed by atoms with Crippen molar-refractivity contribution < 1.29 is 14.3 Å². The first kappa shape index (κ1) is 18.6. The number of Topliss-reactive ketones (excluding diaryl/α,β-unsaturated/α-hetero) is 1. The molecule has 0 fully saturated rings. The highest BCUT2D eigenvalue weighted by Crippen LogP contribution is 2.42. The molecule has 2 aliphatic rings. The minimum atomic E-state index is -0.0847. The molecular weight excluding hydrogens is 450 g/mol. The van der Waals surface area contributed by atoms with Crippen molar-refractivity contribution in [1.82, 2.24) is 4.90 Å². The zero-order valence-corrected chi connectivity index (χ0v) is 18.0. The van der Waals surface area contributed by atoms with Crippen molar-refractivity contribution in [2.24, 2.45) is 0 Å². The van der Waals surface area contributed by atoms with Gasteiger partial charge in [0.15, 0.2) is 5.76 Å². The summed E-state index contributed by atoms with van der Waals surface area (Å²) in [7, 11) is 0. The van der Waals surface area contributed by atoms with E-state index in [4.69, 9.17) is 9.47 Å². The van der Waals surface area contributed by atoms with Gasteiger partial charge in [0.05, 0.1) is 11.1 Å². The van der Waals surface area contributed by atoms with E-state index in [0.717, 1.165) is 34.3 Å². The fourth-order valence-corrected chi connectivity index (χ4v) is 4.73. The first-order chi connectivity index (χ1) is 14.2. The highest BCUT2D eigenvalue weighted by Gasteiger charge is 2.33. The summed E-state index contributed by atoms with van der Waals surface area (Å²) in [6, 6.07) is 15.7. The Bertz CT molecular complexity index is 1110. The number of hydrogen-bond donors (Lipinski definition) is 0. The summed E-state index contributed by atoms with van der Waals surface area (Å²) in [4.78, 5) is 16.5. The SMILES string of the molecule is O=C1/C(=C/c2cccc(Br)c2)Oc2c1ccc1c2CN(CCc2cccs2)CO1. The maximum absolute atomic E-state index is 12.9. The molecule has 2 aliphatic heterocycles. The highest BCUT2D eigenvalue weighted by molar-refractivity contribution is 9.10. The average molecular weight is 468 g/mol. The molecule has 5 rings (SSSR count). The predicted octanol–water partition coefficient (Wildman–Crippen LogP) is 5.52. The molecular formula is C23H18BrNO3S. The standard InChI is InChI=1S/C23H18BrNO3S/c24-16-4-1-3-15(11-16)12-21-22(26)18-6-7-20-19(23(18)28-21)13-25(14-27-20)9-8-17-5-2-10-29-17/h1-7,10-12H,8-9,13-14H2/b21-12-. The average Bonchev–Trinajstić information content (AvgIpc) is 3.35. The van der Waals surface area contributed by atoms with Crippen molar-refractivity contribution in [3.8, 4) is 11.5 Å². The molecule has 0 unspecified atom stereocenters. The lowest BCUT2D eigenvalue weighted by atomic mass is 10.0. The van der Waals surface area contributed by atoms with Crippen LogP contribution in [0.3, 0.4) is 0 Å². The summed E-state index contributed by atoms with van der Waals surface area (Å²) in [5.41, 5.74) is 2.47. The van der Waals surface area contributed by atoms with E-state index in [1.807, 2.05) is 30.3 Å². The number of ether oxygens (including phenoxy) is 2. The highest BCUT2D eigenvalue weighted by atomic mass is 79.9. The van der Waals surface area contributed by atoms with Crippen molar-refractivity contribution in [1.29, 1.82) is 0 Å². The second-order valence-corrected chi connectivity index (χ2v) is 9.02. The summed E-state index contributed by atoms with van der Waals surface area (Å²) < 4.78 is 13.0. The molecule has 0 spiro atoms. The van der Waals surface area contributed by atoms with Crippen LogP contribution < -0.4 is 9.47 Å². The van der Waals surface area contributed by atoms with Gasteiger partial charge in [0.2, 0.25) is 5.78 Å². The lowest BCUT2D eigenvalue weighted by Crippen LogP contribution is -2.33. The van der Waals surface area contributed by atoms with Crippen LogP contribution in [0.1, 0.15) is 26.4 Å². The number of fused-ring (bicyclic) bond motifs is 3. The van der Waals surface area contributed by atoms with Gasteiger partial charge in [0.25, 0.3) is 0 Å². The predicted molar refractivity (Wildman–Crippen MR) is 117 cm³/mol. The van der Waals surface area contributed by atoms with E-state index in [0.29, 0.717) is 30.3 Å². The van der Waals surface area contributed by atoms with E-state index >= 15 is 0 Å². The molecule has 0 bridgehead atoms. The molecule has 0 saturated heterocycles. The first-order valence-corrected chi connectivity index (χ1v) is 11.1. The summed E-state index contributed by atoms with van der Waals surface area (Å²) in [5, 5.41) is 2.10. The molecule has 3 heterocycles. The summed E-state index contributed by atoms with van der Waals surface area (Å²) in [6.07, 6.45) is 2.77. The maximum Gasteiger partial charge on any atom is 0.231 e. The molecule has 29 heavy (non-hydrogen) atoms. The molecule has 0 atom stereocenters. The zero-order chi connectivity index (χ0) is 19.8. The van der Waals surface area contributed by atoms with Gasteiger partial charge in [-0.2, -0.15) is 0 Å². The van der Waals surface area contributed by atoms with E-state index in [2.05, 4.69) is 38.3 Å². The Morgan fingerprint density at radius 3 is 2.93 bits per heavy atom. The molecule has 3 aromatic rings. The Morgan fingerprint density at radius 2 is 2.10 bits per heavy atom. The van der Waals surface area contributed by atoms with Crippen LogP contribution in [0.2, 0.25) is 0 Å². The summed E-state index contributed by atoms with van der Waals surface area (Å²) in [6.45, 7) is 2.16. The number of carbonyl (C=O) groups is 1. The van der Waals surface area contributed by atoms with Crippen LogP contribution >= 0.6 is 27.3 Å². The number of nitrogens with zero attached hydrogens (tertiary/aromatic N) is 1. The Morgan fingerprint density at radius 1 is 1.17 bits per heavy atom. The lowest BCUT2D eigenvalue weighted by Gasteiger charge is -2.29. The Kier molecular flexibility index (Phi) is 4.99. The van der Waals surface area contributed by atoms with Gasteiger partial charge in [-0.15, -0.1) is 11.3 Å². The molecule has 4 nitrogen and oxygen atoms in total. The number of hydrogen-bond acceptors (Lipinski definition) is 5. The van der Waals surface area contributed by atoms with Gasteiger partial charge in [-0.25, -0.2) is 0 Å². The van der Waals surface area contributed by atoms with Crippen molar-refractivity contribution >= 4 is 39.1 Å². The number of benzene rings is 2. The fourth-order valence-electron chi connectivity index (χ4n) is 3.62. The summed E-state index contributed by atoms with van der Waals surface area (Å²) >= 11 is 5.24. The minimum absolute atomic E-state index is 0.0847. The number of carbonyl (C=O) groups excluding carboxylic acids is 1. The van der Waals surface area contributed by atoms with Crippen molar-refractivity contribution in [3.05, 3.63) is 85.7 Å². The molecule has 0 saturated carbocycles. The van der Waals surface area contributed by atoms with Crippen LogP contribution in [0.15, 0.2) is 64.1 Å². The Hall–Kier alpha value is -2.41. The Labute approximate surface area is 181 Å². The lowest BCUT2D eigenvalue weighted by molar-refractivity contribution is 0.0951. The third-order valence-electron chi connectivity index (χ3n) is 5.08. The number of ketones is 1. The smallest absolute Gasteiger partial charge is 0.231 e. The van der Waals surface area contributed by atoms with E-state index < -0.39 is 0 Å². The van der Waals surface area contributed by atoms with Crippen molar-refractivity contribution in [2.75, 3.05) is 13.3 Å². The largest absolute Gasteiger partial charge is 0.478 e. The van der Waals surface area contributed by atoms with Crippen molar-refractivity contribution in [2.45, 2.75) is 13.0 Å². The van der Waals surface area contributed by atoms with Crippen LogP contribution in [-0.2, 0) is 13.0 Å². The minimum Gasteiger partial charge on any atom is -0.478 e. The molecule has 6 heteroatoms. The quantitative estimate of drug-likeness (QED) is 0.473.